The number of hydrogen-bond donors (Lipinski definition) is 2. The molecule has 2 saturated heterocycles. The van der Waals surface area contributed by atoms with E-state index in [0.717, 1.165) is 39.2 Å². The highest BCUT2D eigenvalue weighted by Gasteiger charge is 2.30. The number of rotatable bonds is 2. The van der Waals surface area contributed by atoms with Gasteiger partial charge in [0.05, 0.1) is 18.3 Å². The maximum absolute atomic E-state index is 9.43. The van der Waals surface area contributed by atoms with Gasteiger partial charge >= 0.3 is 0 Å². The predicted octanol–water partition coefficient (Wildman–Crippen LogP) is -0.180. The van der Waals surface area contributed by atoms with Crippen molar-refractivity contribution in [3.8, 4) is 0 Å². The summed E-state index contributed by atoms with van der Waals surface area (Å²) < 4.78 is 5.67. The van der Waals surface area contributed by atoms with E-state index >= 15 is 0 Å². The molecule has 2 heterocycles. The fourth-order valence-electron chi connectivity index (χ4n) is 2.52. The normalized spacial score (nSPS) is 37.0. The van der Waals surface area contributed by atoms with Crippen LogP contribution >= 0.6 is 0 Å². The van der Waals surface area contributed by atoms with Crippen molar-refractivity contribution in [3.63, 3.8) is 0 Å². The summed E-state index contributed by atoms with van der Waals surface area (Å²) in [5.74, 6) is 0. The largest absolute Gasteiger partial charge is 0.392 e. The summed E-state index contributed by atoms with van der Waals surface area (Å²) in [6.07, 6.45) is 0.738. The van der Waals surface area contributed by atoms with Crippen molar-refractivity contribution < 1.29 is 9.84 Å². The van der Waals surface area contributed by atoms with E-state index in [-0.39, 0.29) is 11.7 Å². The highest BCUT2D eigenvalue weighted by Crippen LogP contribution is 2.17. The van der Waals surface area contributed by atoms with Crippen molar-refractivity contribution in [3.05, 3.63) is 0 Å². The first-order valence-electron chi connectivity index (χ1n) is 5.83. The van der Waals surface area contributed by atoms with Crippen molar-refractivity contribution in [2.75, 3.05) is 32.8 Å². The standard InChI is InChI=1S/C11H22N2O2/c1-11(2)8-13(3-4-15-11)7-9-5-10(14)6-12-9/h9-10,12,14H,3-8H2,1-2H3. The molecule has 0 saturated carbocycles. The van der Waals surface area contributed by atoms with Gasteiger partial charge in [-0.2, -0.15) is 0 Å². The maximum atomic E-state index is 9.43. The molecule has 2 atom stereocenters. The van der Waals surface area contributed by atoms with E-state index in [4.69, 9.17) is 4.74 Å². The minimum absolute atomic E-state index is 0.0184. The molecule has 0 spiro atoms. The molecule has 2 fully saturated rings. The second kappa shape index (κ2) is 4.37. The van der Waals surface area contributed by atoms with Crippen molar-refractivity contribution in [2.24, 2.45) is 0 Å². The van der Waals surface area contributed by atoms with Gasteiger partial charge in [-0.15, -0.1) is 0 Å². The SMILES string of the molecule is CC1(C)CN(CC2CC(O)CN2)CCO1. The molecule has 2 unspecified atom stereocenters. The van der Waals surface area contributed by atoms with Crippen LogP contribution in [0.4, 0.5) is 0 Å². The Balaban J connectivity index is 1.79. The van der Waals surface area contributed by atoms with E-state index in [0.29, 0.717) is 6.04 Å². The summed E-state index contributed by atoms with van der Waals surface area (Å²) in [5.41, 5.74) is -0.0184. The number of aliphatic hydroxyl groups excluding tert-OH is 1. The summed E-state index contributed by atoms with van der Waals surface area (Å²) in [4.78, 5) is 2.43. The van der Waals surface area contributed by atoms with Gasteiger partial charge in [0.15, 0.2) is 0 Å². The predicted molar refractivity (Wildman–Crippen MR) is 58.9 cm³/mol. The van der Waals surface area contributed by atoms with Crippen LogP contribution < -0.4 is 5.32 Å². The molecule has 0 aromatic carbocycles. The zero-order valence-corrected chi connectivity index (χ0v) is 9.70. The molecule has 2 N–H and O–H groups in total. The molecule has 2 aliphatic heterocycles. The monoisotopic (exact) mass is 214 g/mol. The van der Waals surface area contributed by atoms with E-state index in [2.05, 4.69) is 24.1 Å². The minimum atomic E-state index is -0.149. The lowest BCUT2D eigenvalue weighted by molar-refractivity contribution is -0.0873. The number of ether oxygens (including phenoxy) is 1. The van der Waals surface area contributed by atoms with Gasteiger partial charge in [0.1, 0.15) is 0 Å². The Kier molecular flexibility index (Phi) is 3.30. The number of hydrogen-bond acceptors (Lipinski definition) is 4. The number of aliphatic hydroxyl groups is 1. The van der Waals surface area contributed by atoms with Gasteiger partial charge < -0.3 is 15.2 Å². The average Bonchev–Trinajstić information content (AvgIpc) is 2.49. The molecule has 2 rings (SSSR count). The summed E-state index contributed by atoms with van der Waals surface area (Å²) >= 11 is 0. The van der Waals surface area contributed by atoms with Crippen LogP contribution in [0.2, 0.25) is 0 Å². The van der Waals surface area contributed by atoms with Crippen LogP contribution in [0.3, 0.4) is 0 Å². The van der Waals surface area contributed by atoms with Gasteiger partial charge in [0.25, 0.3) is 0 Å². The van der Waals surface area contributed by atoms with Gasteiger partial charge in [-0.25, -0.2) is 0 Å². The molecule has 15 heavy (non-hydrogen) atoms. The van der Waals surface area contributed by atoms with Crippen LogP contribution in [0.1, 0.15) is 20.3 Å². The summed E-state index contributed by atoms with van der Waals surface area (Å²) in [5, 5.41) is 12.8. The number of β-amino-alcohol motifs (C(OH)–C–C–N with tert-alkyl or cyclic N) is 1. The lowest BCUT2D eigenvalue weighted by atomic mass is 10.1. The van der Waals surface area contributed by atoms with Crippen LogP contribution in [0.5, 0.6) is 0 Å². The van der Waals surface area contributed by atoms with Gasteiger partial charge in [-0.3, -0.25) is 4.90 Å². The van der Waals surface area contributed by atoms with Crippen LogP contribution in [0, 0.1) is 0 Å². The van der Waals surface area contributed by atoms with Gasteiger partial charge in [-0.1, -0.05) is 0 Å². The van der Waals surface area contributed by atoms with Crippen molar-refractivity contribution >= 4 is 0 Å². The molecule has 4 nitrogen and oxygen atoms in total. The molecule has 0 bridgehead atoms. The second-order valence-corrected chi connectivity index (χ2v) is 5.34. The van der Waals surface area contributed by atoms with Crippen LogP contribution in [0.25, 0.3) is 0 Å². The summed E-state index contributed by atoms with van der Waals surface area (Å²) in [6.45, 7) is 8.87. The highest BCUT2D eigenvalue weighted by molar-refractivity contribution is 4.87. The zero-order chi connectivity index (χ0) is 10.9. The number of nitrogens with one attached hydrogen (secondary N) is 1. The van der Waals surface area contributed by atoms with Gasteiger partial charge in [0.2, 0.25) is 0 Å². The molecule has 0 radical (unpaired) electrons. The van der Waals surface area contributed by atoms with Crippen LogP contribution in [-0.4, -0.2) is 60.5 Å². The Labute approximate surface area is 91.6 Å². The lowest BCUT2D eigenvalue weighted by Crippen LogP contribution is -2.51. The Bertz CT molecular complexity index is 221. The molecular formula is C11H22N2O2. The maximum Gasteiger partial charge on any atom is 0.0753 e. The first kappa shape index (κ1) is 11.3. The highest BCUT2D eigenvalue weighted by atomic mass is 16.5. The Morgan fingerprint density at radius 3 is 2.93 bits per heavy atom. The second-order valence-electron chi connectivity index (χ2n) is 5.34. The first-order chi connectivity index (χ1) is 7.05. The number of nitrogens with zero attached hydrogens (tertiary/aromatic N) is 1. The third kappa shape index (κ3) is 3.14. The third-order valence-electron chi connectivity index (χ3n) is 3.18. The summed E-state index contributed by atoms with van der Waals surface area (Å²) in [7, 11) is 0. The molecule has 0 aromatic rings. The lowest BCUT2D eigenvalue weighted by Gasteiger charge is -2.39. The molecule has 0 aromatic heterocycles. The Morgan fingerprint density at radius 1 is 1.53 bits per heavy atom. The van der Waals surface area contributed by atoms with Gasteiger partial charge in [0, 0.05) is 32.2 Å². The van der Waals surface area contributed by atoms with E-state index in [9.17, 15) is 5.11 Å². The quantitative estimate of drug-likeness (QED) is 0.669. The Hall–Kier alpha value is -0.160. The van der Waals surface area contributed by atoms with Crippen LogP contribution in [0.15, 0.2) is 0 Å². The molecule has 2 aliphatic rings. The van der Waals surface area contributed by atoms with Crippen LogP contribution in [-0.2, 0) is 4.74 Å². The molecule has 4 heteroatoms. The van der Waals surface area contributed by atoms with Gasteiger partial charge in [-0.05, 0) is 20.3 Å². The molecular weight excluding hydrogens is 192 g/mol. The first-order valence-corrected chi connectivity index (χ1v) is 5.83. The van der Waals surface area contributed by atoms with E-state index in [1.807, 2.05) is 0 Å². The molecule has 0 aliphatic carbocycles. The van der Waals surface area contributed by atoms with Crippen molar-refractivity contribution in [1.82, 2.24) is 10.2 Å². The summed E-state index contributed by atoms with van der Waals surface area (Å²) in [6, 6.07) is 0.453. The van der Waals surface area contributed by atoms with E-state index < -0.39 is 0 Å². The smallest absolute Gasteiger partial charge is 0.0753 e. The fraction of sp³-hybridized carbons (Fsp3) is 1.00. The van der Waals surface area contributed by atoms with Crippen molar-refractivity contribution in [2.45, 2.75) is 38.0 Å². The minimum Gasteiger partial charge on any atom is -0.392 e. The zero-order valence-electron chi connectivity index (χ0n) is 9.70. The molecule has 0 amide bonds. The fourth-order valence-corrected chi connectivity index (χ4v) is 2.52. The Morgan fingerprint density at radius 2 is 2.33 bits per heavy atom. The third-order valence-corrected chi connectivity index (χ3v) is 3.18. The molecule has 88 valence electrons. The van der Waals surface area contributed by atoms with E-state index in [1.54, 1.807) is 0 Å². The van der Waals surface area contributed by atoms with Crippen molar-refractivity contribution in [1.29, 1.82) is 0 Å². The van der Waals surface area contributed by atoms with E-state index in [1.165, 1.54) is 0 Å². The average molecular weight is 214 g/mol. The topological polar surface area (TPSA) is 44.7 Å². The number of morpholine rings is 1.